The van der Waals surface area contributed by atoms with Gasteiger partial charge in [-0.25, -0.2) is 0 Å². The summed E-state index contributed by atoms with van der Waals surface area (Å²) in [4.78, 5) is 36.5. The zero-order valence-corrected chi connectivity index (χ0v) is 24.3. The number of esters is 2. The molecule has 0 saturated carbocycles. The minimum atomic E-state index is -0.0842. The zero-order valence-electron chi connectivity index (χ0n) is 24.3. The van der Waals surface area contributed by atoms with Crippen LogP contribution in [0.5, 0.6) is 0 Å². The highest BCUT2D eigenvalue weighted by Gasteiger charge is 2.15. The lowest BCUT2D eigenvalue weighted by Gasteiger charge is -2.17. The van der Waals surface area contributed by atoms with Crippen molar-refractivity contribution >= 4 is 17.7 Å². The number of ketones is 1. The van der Waals surface area contributed by atoms with Crippen LogP contribution in [0, 0.1) is 0 Å². The van der Waals surface area contributed by atoms with Gasteiger partial charge in [-0.2, -0.15) is 0 Å². The zero-order chi connectivity index (χ0) is 26.9. The average Bonchev–Trinajstić information content (AvgIpc) is 2.86. The Hall–Kier alpha value is -1.39. The third-order valence-corrected chi connectivity index (χ3v) is 6.79. The van der Waals surface area contributed by atoms with E-state index in [-0.39, 0.29) is 24.1 Å². The lowest BCUT2D eigenvalue weighted by Crippen LogP contribution is -2.18. The van der Waals surface area contributed by atoms with E-state index in [2.05, 4.69) is 27.7 Å². The van der Waals surface area contributed by atoms with Crippen LogP contribution in [0.15, 0.2) is 0 Å². The Kier molecular flexibility index (Phi) is 24.3. The van der Waals surface area contributed by atoms with Gasteiger partial charge >= 0.3 is 11.9 Å². The molecule has 5 nitrogen and oxygen atoms in total. The lowest BCUT2D eigenvalue weighted by atomic mass is 10.0. The van der Waals surface area contributed by atoms with Gasteiger partial charge in [-0.05, 0) is 51.4 Å². The molecule has 0 bridgehead atoms. The fourth-order valence-electron chi connectivity index (χ4n) is 4.40. The Balaban J connectivity index is 3.83. The van der Waals surface area contributed by atoms with E-state index in [1.54, 1.807) is 0 Å². The maximum Gasteiger partial charge on any atom is 0.306 e. The van der Waals surface area contributed by atoms with Crippen LogP contribution in [-0.2, 0) is 23.9 Å². The van der Waals surface area contributed by atoms with Gasteiger partial charge in [-0.15, -0.1) is 0 Å². The molecule has 0 saturated heterocycles. The van der Waals surface area contributed by atoms with Crippen molar-refractivity contribution in [3.05, 3.63) is 0 Å². The fraction of sp³-hybridized carbons (Fsp3) is 0.903. The second-order valence-corrected chi connectivity index (χ2v) is 10.5. The number of unbranched alkanes of at least 4 members (excludes halogenated alkanes) is 8. The Morgan fingerprint density at radius 1 is 0.444 bits per heavy atom. The second-order valence-electron chi connectivity index (χ2n) is 10.5. The molecule has 0 N–H and O–H groups in total. The number of carbonyl (C=O) groups is 3. The summed E-state index contributed by atoms with van der Waals surface area (Å²) in [6.07, 6.45) is 20.1. The first kappa shape index (κ1) is 34.6. The number of hydrogen-bond donors (Lipinski definition) is 0. The molecule has 0 atom stereocenters. The smallest absolute Gasteiger partial charge is 0.306 e. The van der Waals surface area contributed by atoms with Gasteiger partial charge in [0.15, 0.2) is 0 Å². The van der Waals surface area contributed by atoms with Crippen LogP contribution < -0.4 is 0 Å². The summed E-state index contributed by atoms with van der Waals surface area (Å²) >= 11 is 0. The van der Waals surface area contributed by atoms with E-state index in [0.29, 0.717) is 31.5 Å². The maximum absolute atomic E-state index is 12.2. The van der Waals surface area contributed by atoms with Gasteiger partial charge in [0.2, 0.25) is 0 Å². The van der Waals surface area contributed by atoms with E-state index < -0.39 is 0 Å². The molecule has 212 valence electrons. The Morgan fingerprint density at radius 2 is 0.750 bits per heavy atom. The first-order valence-electron chi connectivity index (χ1n) is 15.4. The molecule has 0 aliphatic heterocycles. The number of ether oxygens (including phenoxy) is 2. The van der Waals surface area contributed by atoms with Crippen LogP contribution in [0.2, 0.25) is 0 Å². The molecule has 0 aromatic heterocycles. The first-order valence-corrected chi connectivity index (χ1v) is 15.4. The van der Waals surface area contributed by atoms with Gasteiger partial charge < -0.3 is 9.47 Å². The van der Waals surface area contributed by atoms with Crippen LogP contribution in [0.25, 0.3) is 0 Å². The van der Waals surface area contributed by atoms with Crippen LogP contribution in [-0.4, -0.2) is 29.9 Å². The van der Waals surface area contributed by atoms with E-state index in [1.807, 2.05) is 0 Å². The summed E-state index contributed by atoms with van der Waals surface area (Å²) in [5, 5.41) is 0. The summed E-state index contributed by atoms with van der Waals surface area (Å²) < 4.78 is 11.4. The highest BCUT2D eigenvalue weighted by atomic mass is 16.5. The molecule has 0 aromatic rings. The Bertz CT molecular complexity index is 483. The standard InChI is InChI=1S/C31H58O5/c1-5-9-21-28(22-10-6-2)35-30(33)25-17-13-15-19-27(32)20-16-14-18-26-31(34)36-29(23-11-7-3)24-12-8-4/h28-29H,5-26H2,1-4H3. The average molecular weight is 511 g/mol. The third-order valence-electron chi connectivity index (χ3n) is 6.79. The highest BCUT2D eigenvalue weighted by molar-refractivity contribution is 5.78. The van der Waals surface area contributed by atoms with Gasteiger partial charge in [0.25, 0.3) is 0 Å². The molecule has 0 aliphatic carbocycles. The number of hydrogen-bond acceptors (Lipinski definition) is 5. The van der Waals surface area contributed by atoms with Crippen molar-refractivity contribution in [2.45, 2.75) is 181 Å². The highest BCUT2D eigenvalue weighted by Crippen LogP contribution is 2.16. The van der Waals surface area contributed by atoms with Gasteiger partial charge in [0.1, 0.15) is 18.0 Å². The van der Waals surface area contributed by atoms with Crippen molar-refractivity contribution in [2.75, 3.05) is 0 Å². The van der Waals surface area contributed by atoms with Crippen molar-refractivity contribution in [3.63, 3.8) is 0 Å². The summed E-state index contributed by atoms with van der Waals surface area (Å²) in [7, 11) is 0. The van der Waals surface area contributed by atoms with Crippen LogP contribution in [0.1, 0.15) is 169 Å². The number of Topliss-reactive ketones (excluding diaryl/α,β-unsaturated/α-hetero) is 1. The van der Waals surface area contributed by atoms with Crippen molar-refractivity contribution in [1.82, 2.24) is 0 Å². The van der Waals surface area contributed by atoms with Crippen LogP contribution >= 0.6 is 0 Å². The minimum absolute atomic E-state index is 0.0735. The molecule has 0 spiro atoms. The molecular weight excluding hydrogens is 452 g/mol. The topological polar surface area (TPSA) is 69.7 Å². The van der Waals surface area contributed by atoms with E-state index in [1.165, 1.54) is 0 Å². The van der Waals surface area contributed by atoms with Crippen molar-refractivity contribution < 1.29 is 23.9 Å². The molecule has 0 rings (SSSR count). The van der Waals surface area contributed by atoms with Gasteiger partial charge in [-0.1, -0.05) is 91.9 Å². The third kappa shape index (κ3) is 21.9. The monoisotopic (exact) mass is 510 g/mol. The molecule has 0 unspecified atom stereocenters. The molecule has 0 amide bonds. The molecular formula is C31H58O5. The van der Waals surface area contributed by atoms with E-state index in [9.17, 15) is 14.4 Å². The predicted octanol–water partition coefficient (Wildman–Crippen LogP) is 9.04. The molecule has 0 aliphatic rings. The fourth-order valence-corrected chi connectivity index (χ4v) is 4.40. The van der Waals surface area contributed by atoms with Crippen LogP contribution in [0.4, 0.5) is 0 Å². The predicted molar refractivity (Wildman–Crippen MR) is 149 cm³/mol. The molecule has 36 heavy (non-hydrogen) atoms. The maximum atomic E-state index is 12.2. The Morgan fingerprint density at radius 3 is 1.06 bits per heavy atom. The van der Waals surface area contributed by atoms with E-state index in [4.69, 9.17) is 9.47 Å². The molecule has 0 radical (unpaired) electrons. The van der Waals surface area contributed by atoms with Crippen molar-refractivity contribution in [1.29, 1.82) is 0 Å². The minimum Gasteiger partial charge on any atom is -0.462 e. The van der Waals surface area contributed by atoms with E-state index in [0.717, 1.165) is 116 Å². The Labute approximate surface area is 222 Å². The van der Waals surface area contributed by atoms with Gasteiger partial charge in [-0.3, -0.25) is 14.4 Å². The molecule has 0 fully saturated rings. The molecule has 5 heteroatoms. The second kappa shape index (κ2) is 25.3. The van der Waals surface area contributed by atoms with Crippen molar-refractivity contribution in [2.24, 2.45) is 0 Å². The summed E-state index contributed by atoms with van der Waals surface area (Å²) in [6.45, 7) is 8.65. The van der Waals surface area contributed by atoms with Gasteiger partial charge in [0.05, 0.1) is 0 Å². The molecule has 0 heterocycles. The largest absolute Gasteiger partial charge is 0.462 e. The number of carbonyl (C=O) groups excluding carboxylic acids is 3. The summed E-state index contributed by atoms with van der Waals surface area (Å²) in [6, 6.07) is 0. The van der Waals surface area contributed by atoms with Crippen LogP contribution in [0.3, 0.4) is 0 Å². The summed E-state index contributed by atoms with van der Waals surface area (Å²) in [5.74, 6) is 0.122. The normalized spacial score (nSPS) is 11.3. The van der Waals surface area contributed by atoms with Gasteiger partial charge in [0, 0.05) is 25.7 Å². The first-order chi connectivity index (χ1) is 17.5. The van der Waals surface area contributed by atoms with E-state index >= 15 is 0 Å². The quantitative estimate of drug-likeness (QED) is 0.0857. The summed E-state index contributed by atoms with van der Waals surface area (Å²) in [5.41, 5.74) is 0. The molecule has 0 aromatic carbocycles. The van der Waals surface area contributed by atoms with Crippen molar-refractivity contribution in [3.8, 4) is 0 Å². The SMILES string of the molecule is CCCCC(CCCC)OC(=O)CCCCCC(=O)CCCCCC(=O)OC(CCCC)CCCC. The number of rotatable bonds is 26. The lowest BCUT2D eigenvalue weighted by molar-refractivity contribution is -0.151.